The van der Waals surface area contributed by atoms with Gasteiger partial charge in [-0.3, -0.25) is 0 Å². The Hall–Kier alpha value is -1.72. The van der Waals surface area contributed by atoms with E-state index in [1.165, 1.54) is 17.7 Å². The molecule has 0 spiro atoms. The standard InChI is InChI=1S/C17H18FNO2S/c18-16-10-4-2-7-14(16)12-22(20,21)19-17-11-5-8-13-6-1-3-9-15(13)17/h1-4,6-7,9-10,17,19H,5,8,11-12H2/t17-/m0/s1. The van der Waals surface area contributed by atoms with Crippen LogP contribution in [0.5, 0.6) is 0 Å². The minimum absolute atomic E-state index is 0.194. The average molecular weight is 319 g/mol. The lowest BCUT2D eigenvalue weighted by molar-refractivity contribution is 0.506. The summed E-state index contributed by atoms with van der Waals surface area (Å²) < 4.78 is 41.1. The van der Waals surface area contributed by atoms with Gasteiger partial charge in [-0.25, -0.2) is 17.5 Å². The third-order valence-electron chi connectivity index (χ3n) is 3.99. The molecule has 2 aromatic carbocycles. The molecule has 0 radical (unpaired) electrons. The van der Waals surface area contributed by atoms with Gasteiger partial charge in [0, 0.05) is 11.6 Å². The van der Waals surface area contributed by atoms with Gasteiger partial charge < -0.3 is 0 Å². The normalized spacial score (nSPS) is 18.0. The maximum absolute atomic E-state index is 13.6. The first-order valence-electron chi connectivity index (χ1n) is 7.36. The van der Waals surface area contributed by atoms with Crippen LogP contribution in [0.1, 0.15) is 35.6 Å². The molecule has 0 amide bonds. The molecule has 2 aromatic rings. The van der Waals surface area contributed by atoms with Crippen molar-refractivity contribution >= 4 is 10.0 Å². The van der Waals surface area contributed by atoms with E-state index in [1.807, 2.05) is 24.3 Å². The second-order valence-electron chi connectivity index (χ2n) is 5.61. The van der Waals surface area contributed by atoms with Crippen molar-refractivity contribution in [2.45, 2.75) is 31.1 Å². The van der Waals surface area contributed by atoms with Gasteiger partial charge in [-0.15, -0.1) is 0 Å². The van der Waals surface area contributed by atoms with Crippen LogP contribution in [-0.4, -0.2) is 8.42 Å². The van der Waals surface area contributed by atoms with Crippen molar-refractivity contribution < 1.29 is 12.8 Å². The quantitative estimate of drug-likeness (QED) is 0.939. The number of rotatable bonds is 4. The largest absolute Gasteiger partial charge is 0.216 e. The molecule has 0 saturated heterocycles. The summed E-state index contributed by atoms with van der Waals surface area (Å²) in [6, 6.07) is 13.6. The zero-order chi connectivity index (χ0) is 15.6. The lowest BCUT2D eigenvalue weighted by Crippen LogP contribution is -2.32. The van der Waals surface area contributed by atoms with Gasteiger partial charge in [0.25, 0.3) is 0 Å². The van der Waals surface area contributed by atoms with Crippen LogP contribution in [0.4, 0.5) is 4.39 Å². The number of fused-ring (bicyclic) bond motifs is 1. The summed E-state index contributed by atoms with van der Waals surface area (Å²) in [6.07, 6.45) is 2.69. The third-order valence-corrected chi connectivity index (χ3v) is 5.33. The van der Waals surface area contributed by atoms with Gasteiger partial charge in [0.2, 0.25) is 10.0 Å². The fourth-order valence-corrected chi connectivity index (χ4v) is 4.36. The minimum atomic E-state index is -3.59. The van der Waals surface area contributed by atoms with E-state index in [0.29, 0.717) is 0 Å². The topological polar surface area (TPSA) is 46.2 Å². The number of hydrogen-bond donors (Lipinski definition) is 1. The van der Waals surface area contributed by atoms with E-state index in [9.17, 15) is 12.8 Å². The molecule has 0 aromatic heterocycles. The van der Waals surface area contributed by atoms with Crippen molar-refractivity contribution in [1.29, 1.82) is 0 Å². The summed E-state index contributed by atoms with van der Waals surface area (Å²) in [5.41, 5.74) is 2.41. The van der Waals surface area contributed by atoms with Crippen molar-refractivity contribution in [3.05, 3.63) is 71.0 Å². The van der Waals surface area contributed by atoms with Gasteiger partial charge in [-0.05, 0) is 36.5 Å². The van der Waals surface area contributed by atoms with E-state index in [1.54, 1.807) is 12.1 Å². The minimum Gasteiger partial charge on any atom is -0.212 e. The number of halogens is 1. The fourth-order valence-electron chi connectivity index (χ4n) is 2.95. The Kier molecular flexibility index (Phi) is 4.27. The average Bonchev–Trinajstić information content (AvgIpc) is 2.49. The highest BCUT2D eigenvalue weighted by atomic mass is 32.2. The zero-order valence-corrected chi connectivity index (χ0v) is 12.9. The van der Waals surface area contributed by atoms with Gasteiger partial charge in [0.15, 0.2) is 0 Å². The van der Waals surface area contributed by atoms with Crippen LogP contribution in [0.25, 0.3) is 0 Å². The smallest absolute Gasteiger partial charge is 0.212 e. The molecule has 3 nitrogen and oxygen atoms in total. The Morgan fingerprint density at radius 3 is 2.64 bits per heavy atom. The zero-order valence-electron chi connectivity index (χ0n) is 12.1. The number of aryl methyl sites for hydroxylation is 1. The van der Waals surface area contributed by atoms with Gasteiger partial charge in [0.1, 0.15) is 5.82 Å². The van der Waals surface area contributed by atoms with E-state index in [2.05, 4.69) is 4.72 Å². The Morgan fingerprint density at radius 2 is 1.82 bits per heavy atom. The molecule has 22 heavy (non-hydrogen) atoms. The number of sulfonamides is 1. The SMILES string of the molecule is O=S(=O)(Cc1ccccc1F)N[C@H]1CCCc2ccccc21. The number of benzene rings is 2. The van der Waals surface area contributed by atoms with Crippen LogP contribution in [0.2, 0.25) is 0 Å². The highest BCUT2D eigenvalue weighted by Crippen LogP contribution is 2.30. The highest BCUT2D eigenvalue weighted by molar-refractivity contribution is 7.88. The van der Waals surface area contributed by atoms with E-state index in [-0.39, 0.29) is 17.4 Å². The molecule has 0 bridgehead atoms. The highest BCUT2D eigenvalue weighted by Gasteiger charge is 2.25. The molecule has 1 atom stereocenters. The molecular weight excluding hydrogens is 301 g/mol. The van der Waals surface area contributed by atoms with Crippen molar-refractivity contribution in [3.8, 4) is 0 Å². The van der Waals surface area contributed by atoms with Gasteiger partial charge in [-0.2, -0.15) is 0 Å². The predicted octanol–water partition coefficient (Wildman–Crippen LogP) is 3.32. The second-order valence-corrected chi connectivity index (χ2v) is 7.37. The van der Waals surface area contributed by atoms with Crippen molar-refractivity contribution in [2.24, 2.45) is 0 Å². The van der Waals surface area contributed by atoms with Crippen molar-refractivity contribution in [3.63, 3.8) is 0 Å². The molecule has 0 aliphatic heterocycles. The van der Waals surface area contributed by atoms with Crippen molar-refractivity contribution in [2.75, 3.05) is 0 Å². The summed E-state index contributed by atoms with van der Waals surface area (Å²) in [5.74, 6) is -0.824. The monoisotopic (exact) mass is 319 g/mol. The fraction of sp³-hybridized carbons (Fsp3) is 0.294. The molecule has 116 valence electrons. The van der Waals surface area contributed by atoms with Gasteiger partial charge in [-0.1, -0.05) is 42.5 Å². The summed E-state index contributed by atoms with van der Waals surface area (Å²) in [4.78, 5) is 0. The summed E-state index contributed by atoms with van der Waals surface area (Å²) in [6.45, 7) is 0. The first kappa shape index (κ1) is 15.2. The van der Waals surface area contributed by atoms with Crippen LogP contribution < -0.4 is 4.72 Å². The van der Waals surface area contributed by atoms with Gasteiger partial charge in [0.05, 0.1) is 5.75 Å². The lowest BCUT2D eigenvalue weighted by Gasteiger charge is -2.26. The molecule has 0 unspecified atom stereocenters. The van der Waals surface area contributed by atoms with Crippen LogP contribution in [0.3, 0.4) is 0 Å². The van der Waals surface area contributed by atoms with Crippen molar-refractivity contribution in [1.82, 2.24) is 4.72 Å². The summed E-state index contributed by atoms with van der Waals surface area (Å²) in [7, 11) is -3.59. The molecule has 0 fully saturated rings. The van der Waals surface area contributed by atoms with E-state index < -0.39 is 15.8 Å². The predicted molar refractivity (Wildman–Crippen MR) is 84.3 cm³/mol. The molecule has 5 heteroatoms. The molecule has 1 aliphatic rings. The number of nitrogens with one attached hydrogen (secondary N) is 1. The lowest BCUT2D eigenvalue weighted by atomic mass is 9.88. The molecule has 0 saturated carbocycles. The van der Waals surface area contributed by atoms with E-state index in [0.717, 1.165) is 24.8 Å². The van der Waals surface area contributed by atoms with Crippen LogP contribution in [-0.2, 0) is 22.2 Å². The molecule has 3 rings (SSSR count). The first-order valence-corrected chi connectivity index (χ1v) is 9.01. The Labute approximate surface area is 130 Å². The number of hydrogen-bond acceptors (Lipinski definition) is 2. The molecule has 0 heterocycles. The van der Waals surface area contributed by atoms with Crippen LogP contribution >= 0.6 is 0 Å². The van der Waals surface area contributed by atoms with E-state index in [4.69, 9.17) is 0 Å². The molecular formula is C17H18FNO2S. The Balaban J connectivity index is 1.80. The Bertz CT molecular complexity index is 774. The second kappa shape index (κ2) is 6.18. The van der Waals surface area contributed by atoms with Crippen LogP contribution in [0, 0.1) is 5.82 Å². The maximum Gasteiger partial charge on any atom is 0.216 e. The maximum atomic E-state index is 13.6. The van der Waals surface area contributed by atoms with E-state index >= 15 is 0 Å². The summed E-state index contributed by atoms with van der Waals surface area (Å²) in [5, 5.41) is 0. The Morgan fingerprint density at radius 1 is 1.09 bits per heavy atom. The molecule has 1 aliphatic carbocycles. The first-order chi connectivity index (χ1) is 10.6. The molecule has 1 N–H and O–H groups in total. The van der Waals surface area contributed by atoms with Crippen LogP contribution in [0.15, 0.2) is 48.5 Å². The van der Waals surface area contributed by atoms with Gasteiger partial charge >= 0.3 is 0 Å². The third kappa shape index (κ3) is 3.36. The summed E-state index contributed by atoms with van der Waals surface area (Å²) >= 11 is 0.